The second-order valence-corrected chi connectivity index (χ2v) is 7.28. The van der Waals surface area contributed by atoms with Crippen molar-refractivity contribution in [3.8, 4) is 0 Å². The van der Waals surface area contributed by atoms with Gasteiger partial charge in [-0.25, -0.2) is 0 Å². The predicted molar refractivity (Wildman–Crippen MR) is 120 cm³/mol. The van der Waals surface area contributed by atoms with Crippen LogP contribution in [0.15, 0.2) is 64.6 Å². The minimum Gasteiger partial charge on any atom is -0.259 e. The van der Waals surface area contributed by atoms with Gasteiger partial charge in [-0.05, 0) is 49.2 Å². The number of nitrogens with zero attached hydrogens (tertiary/aromatic N) is 3. The van der Waals surface area contributed by atoms with Crippen LogP contribution in [0.5, 0.6) is 0 Å². The fourth-order valence-electron chi connectivity index (χ4n) is 2.79. The van der Waals surface area contributed by atoms with E-state index in [9.17, 15) is 0 Å². The molecule has 0 radical (unpaired) electrons. The molecule has 0 atom stereocenters. The number of aromatic nitrogens is 1. The highest BCUT2D eigenvalue weighted by Crippen LogP contribution is 2.28. The molecule has 0 saturated heterocycles. The molecule has 0 amide bonds. The van der Waals surface area contributed by atoms with Crippen molar-refractivity contribution in [2.45, 2.75) is 26.7 Å². The van der Waals surface area contributed by atoms with E-state index >= 15 is 0 Å². The summed E-state index contributed by atoms with van der Waals surface area (Å²) in [5, 5.41) is 1.31. The van der Waals surface area contributed by atoms with Crippen molar-refractivity contribution in [2.24, 2.45) is 9.98 Å². The average Bonchev–Trinajstić information content (AvgIpc) is 2.67. The maximum absolute atomic E-state index is 6.21. The first-order valence-corrected chi connectivity index (χ1v) is 9.80. The van der Waals surface area contributed by atoms with Crippen LogP contribution in [-0.4, -0.2) is 17.4 Å². The number of halogens is 2. The molecule has 1 aromatic heterocycles. The lowest BCUT2D eigenvalue weighted by Gasteiger charge is -2.03. The van der Waals surface area contributed by atoms with Crippen LogP contribution in [0.25, 0.3) is 0 Å². The Morgan fingerprint density at radius 2 is 1.14 bits per heavy atom. The second-order valence-electron chi connectivity index (χ2n) is 6.46. The molecule has 2 aromatic carbocycles. The molecule has 0 N–H and O–H groups in total. The third kappa shape index (κ3) is 5.28. The summed E-state index contributed by atoms with van der Waals surface area (Å²) in [5.74, 6) is 0. The van der Waals surface area contributed by atoms with Crippen molar-refractivity contribution < 1.29 is 0 Å². The third-order valence-corrected chi connectivity index (χ3v) is 4.89. The van der Waals surface area contributed by atoms with E-state index in [-0.39, 0.29) is 0 Å². The Hall–Kier alpha value is -2.49. The highest BCUT2D eigenvalue weighted by atomic mass is 35.5. The van der Waals surface area contributed by atoms with Crippen molar-refractivity contribution >= 4 is 47.0 Å². The van der Waals surface area contributed by atoms with E-state index in [1.54, 1.807) is 0 Å². The van der Waals surface area contributed by atoms with Gasteiger partial charge in [-0.3, -0.25) is 15.0 Å². The number of hydrogen-bond acceptors (Lipinski definition) is 3. The Morgan fingerprint density at radius 1 is 0.714 bits per heavy atom. The van der Waals surface area contributed by atoms with Crippen molar-refractivity contribution in [3.63, 3.8) is 0 Å². The van der Waals surface area contributed by atoms with Gasteiger partial charge in [-0.15, -0.1) is 0 Å². The van der Waals surface area contributed by atoms with E-state index in [2.05, 4.69) is 15.0 Å². The number of benzene rings is 2. The summed E-state index contributed by atoms with van der Waals surface area (Å²) in [6, 6.07) is 17.5. The van der Waals surface area contributed by atoms with Crippen molar-refractivity contribution in [2.75, 3.05) is 0 Å². The first-order chi connectivity index (χ1) is 13.5. The molecule has 0 aliphatic carbocycles. The van der Waals surface area contributed by atoms with Gasteiger partial charge in [-0.2, -0.15) is 0 Å². The summed E-state index contributed by atoms with van der Waals surface area (Å²) >= 11 is 12.4. The van der Waals surface area contributed by atoms with E-state index in [0.717, 1.165) is 33.9 Å². The molecule has 3 rings (SSSR count). The average molecular weight is 410 g/mol. The Labute approximate surface area is 175 Å². The van der Waals surface area contributed by atoms with Gasteiger partial charge in [0.15, 0.2) is 0 Å². The molecule has 0 saturated carbocycles. The minimum absolute atomic E-state index is 0.638. The van der Waals surface area contributed by atoms with E-state index in [4.69, 9.17) is 23.2 Å². The quantitative estimate of drug-likeness (QED) is 0.408. The number of hydrogen-bond donors (Lipinski definition) is 0. The van der Waals surface area contributed by atoms with Crippen molar-refractivity contribution in [1.29, 1.82) is 0 Å². The van der Waals surface area contributed by atoms with Crippen LogP contribution in [0.1, 0.15) is 22.5 Å². The van der Waals surface area contributed by atoms with Crippen LogP contribution in [-0.2, 0) is 12.8 Å². The lowest BCUT2D eigenvalue weighted by atomic mass is 10.2. The first-order valence-electron chi connectivity index (χ1n) is 9.04. The molecule has 28 heavy (non-hydrogen) atoms. The molecular weight excluding hydrogens is 389 g/mol. The fraction of sp³-hybridized carbons (Fsp3) is 0.174. The van der Waals surface area contributed by atoms with Crippen LogP contribution in [0.2, 0.25) is 10.0 Å². The van der Waals surface area contributed by atoms with Gasteiger partial charge in [-0.1, -0.05) is 53.5 Å². The summed E-state index contributed by atoms with van der Waals surface area (Å²) in [6.45, 7) is 3.99. The van der Waals surface area contributed by atoms with E-state index in [0.29, 0.717) is 22.9 Å². The highest BCUT2D eigenvalue weighted by Gasteiger charge is 2.02. The number of para-hydroxylation sites is 2. The topological polar surface area (TPSA) is 37.6 Å². The minimum atomic E-state index is 0.638. The molecule has 0 spiro atoms. The summed E-state index contributed by atoms with van der Waals surface area (Å²) < 4.78 is 0. The highest BCUT2D eigenvalue weighted by molar-refractivity contribution is 6.33. The van der Waals surface area contributed by atoms with Gasteiger partial charge in [0.1, 0.15) is 0 Å². The first kappa shape index (κ1) is 20.2. The van der Waals surface area contributed by atoms with Gasteiger partial charge in [0.05, 0.1) is 21.4 Å². The zero-order valence-corrected chi connectivity index (χ0v) is 17.4. The van der Waals surface area contributed by atoms with Gasteiger partial charge in [0.25, 0.3) is 0 Å². The Balaban J connectivity index is 1.66. The number of pyridine rings is 1. The van der Waals surface area contributed by atoms with Crippen LogP contribution < -0.4 is 0 Å². The standard InChI is InChI=1S/C23H21Cl2N3/c1-16-6-3-10-20(24)22(16)26-14-12-18-8-5-9-19(28-18)13-15-27-23-17(2)7-4-11-21(23)25/h3-11,14-15H,12-13H2,1-2H3. The van der Waals surface area contributed by atoms with Gasteiger partial charge >= 0.3 is 0 Å². The van der Waals surface area contributed by atoms with E-state index in [1.807, 2.05) is 80.9 Å². The Bertz CT molecular complexity index is 907. The smallest absolute Gasteiger partial charge is 0.0841 e. The number of aliphatic imine (C=N–C) groups is 2. The molecule has 0 aliphatic heterocycles. The summed E-state index contributed by atoms with van der Waals surface area (Å²) in [6.07, 6.45) is 4.97. The Kier molecular flexibility index (Phi) is 6.96. The maximum atomic E-state index is 6.21. The predicted octanol–water partition coefficient (Wildman–Crippen LogP) is 6.90. The molecule has 1 heterocycles. The third-order valence-electron chi connectivity index (χ3n) is 4.28. The molecule has 142 valence electrons. The molecule has 5 heteroatoms. The molecule has 0 aliphatic rings. The van der Waals surface area contributed by atoms with Gasteiger partial charge in [0, 0.05) is 36.7 Å². The molecule has 3 nitrogen and oxygen atoms in total. The van der Waals surface area contributed by atoms with Crippen LogP contribution in [0.4, 0.5) is 11.4 Å². The van der Waals surface area contributed by atoms with Crippen molar-refractivity contribution in [3.05, 3.63) is 87.2 Å². The summed E-state index contributed by atoms with van der Waals surface area (Å²) in [7, 11) is 0. The zero-order valence-electron chi connectivity index (χ0n) is 15.9. The lowest BCUT2D eigenvalue weighted by Crippen LogP contribution is -1.97. The molecule has 0 fully saturated rings. The maximum Gasteiger partial charge on any atom is 0.0841 e. The Morgan fingerprint density at radius 3 is 1.57 bits per heavy atom. The van der Waals surface area contributed by atoms with Crippen LogP contribution in [0, 0.1) is 13.8 Å². The van der Waals surface area contributed by atoms with Crippen molar-refractivity contribution in [1.82, 2.24) is 4.98 Å². The second kappa shape index (κ2) is 9.63. The molecule has 0 bridgehead atoms. The summed E-state index contributed by atoms with van der Waals surface area (Å²) in [5.41, 5.74) is 5.62. The zero-order chi connectivity index (χ0) is 19.9. The van der Waals surface area contributed by atoms with Crippen LogP contribution in [0.3, 0.4) is 0 Å². The van der Waals surface area contributed by atoms with Crippen LogP contribution >= 0.6 is 23.2 Å². The number of rotatable bonds is 6. The molecule has 3 aromatic rings. The summed E-state index contributed by atoms with van der Waals surface area (Å²) in [4.78, 5) is 13.7. The monoisotopic (exact) mass is 409 g/mol. The largest absolute Gasteiger partial charge is 0.259 e. The SMILES string of the molecule is Cc1cccc(Cl)c1N=CCc1cccc(CC=Nc2c(C)cccc2Cl)n1. The van der Waals surface area contributed by atoms with Gasteiger partial charge in [0.2, 0.25) is 0 Å². The fourth-order valence-corrected chi connectivity index (χ4v) is 3.33. The number of aryl methyl sites for hydroxylation is 2. The van der Waals surface area contributed by atoms with Gasteiger partial charge < -0.3 is 0 Å². The van der Waals surface area contributed by atoms with E-state index < -0.39 is 0 Å². The molecule has 0 unspecified atom stereocenters. The molecular formula is C23H21Cl2N3. The van der Waals surface area contributed by atoms with E-state index in [1.165, 1.54) is 0 Å². The lowest BCUT2D eigenvalue weighted by molar-refractivity contribution is 1.06. The normalized spacial score (nSPS) is 11.6.